The summed E-state index contributed by atoms with van der Waals surface area (Å²) in [5.74, 6) is 0.478. The summed E-state index contributed by atoms with van der Waals surface area (Å²) in [7, 11) is 0. The third kappa shape index (κ3) is 2.97. The molecule has 1 fully saturated rings. The van der Waals surface area contributed by atoms with Crippen molar-refractivity contribution in [2.45, 2.75) is 36.7 Å². The number of fused-ring (bicyclic) bond motifs is 1. The van der Waals surface area contributed by atoms with Crippen LogP contribution in [-0.4, -0.2) is 22.9 Å². The summed E-state index contributed by atoms with van der Waals surface area (Å²) >= 11 is 1.49. The third-order valence-electron chi connectivity index (χ3n) is 4.21. The molecular formula is C15H17F3N2S. The molecule has 0 saturated heterocycles. The quantitative estimate of drug-likeness (QED) is 0.904. The van der Waals surface area contributed by atoms with Crippen LogP contribution >= 0.6 is 11.8 Å². The van der Waals surface area contributed by atoms with Crippen molar-refractivity contribution in [2.24, 2.45) is 16.6 Å². The van der Waals surface area contributed by atoms with Gasteiger partial charge in [0.15, 0.2) is 0 Å². The van der Waals surface area contributed by atoms with Crippen molar-refractivity contribution in [3.63, 3.8) is 0 Å². The lowest BCUT2D eigenvalue weighted by Crippen LogP contribution is -2.31. The van der Waals surface area contributed by atoms with E-state index in [0.29, 0.717) is 17.5 Å². The van der Waals surface area contributed by atoms with Crippen molar-refractivity contribution in [3.05, 3.63) is 35.4 Å². The van der Waals surface area contributed by atoms with E-state index >= 15 is 0 Å². The number of halogens is 3. The maximum atomic E-state index is 13.1. The maximum absolute atomic E-state index is 13.1. The fourth-order valence-corrected chi connectivity index (χ4v) is 4.57. The predicted octanol–water partition coefficient (Wildman–Crippen LogP) is 3.69. The first-order valence-corrected chi connectivity index (χ1v) is 7.98. The Morgan fingerprint density at radius 3 is 2.71 bits per heavy atom. The van der Waals surface area contributed by atoms with E-state index in [-0.39, 0.29) is 16.9 Å². The van der Waals surface area contributed by atoms with Crippen LogP contribution in [0.2, 0.25) is 0 Å². The van der Waals surface area contributed by atoms with Crippen LogP contribution in [0.15, 0.2) is 29.3 Å². The molecule has 2 aliphatic rings. The fraction of sp³-hybridized carbons (Fsp3) is 0.533. The van der Waals surface area contributed by atoms with Crippen LogP contribution in [0.25, 0.3) is 0 Å². The molecule has 0 radical (unpaired) electrons. The van der Waals surface area contributed by atoms with Crippen molar-refractivity contribution >= 4 is 16.8 Å². The minimum Gasteiger partial charge on any atom is -0.330 e. The zero-order chi connectivity index (χ0) is 15.0. The Labute approximate surface area is 126 Å². The van der Waals surface area contributed by atoms with E-state index in [1.165, 1.54) is 23.9 Å². The molecule has 1 aliphatic heterocycles. The molecule has 0 aromatic heterocycles. The zero-order valence-electron chi connectivity index (χ0n) is 11.4. The van der Waals surface area contributed by atoms with Gasteiger partial charge in [-0.2, -0.15) is 13.2 Å². The number of thioether (sulfide) groups is 1. The SMILES string of the molecule is NCC1CCC2N=C(c3ccccc3C(F)(F)F)SC2C1. The van der Waals surface area contributed by atoms with Gasteiger partial charge in [-0.25, -0.2) is 0 Å². The van der Waals surface area contributed by atoms with Gasteiger partial charge in [-0.15, -0.1) is 11.8 Å². The summed E-state index contributed by atoms with van der Waals surface area (Å²) < 4.78 is 39.3. The highest BCUT2D eigenvalue weighted by Crippen LogP contribution is 2.43. The van der Waals surface area contributed by atoms with Crippen LogP contribution in [0.4, 0.5) is 13.2 Å². The molecule has 0 bridgehead atoms. The second-order valence-electron chi connectivity index (χ2n) is 5.62. The predicted molar refractivity (Wildman–Crippen MR) is 79.5 cm³/mol. The van der Waals surface area contributed by atoms with E-state index in [0.717, 1.165) is 25.3 Å². The highest BCUT2D eigenvalue weighted by atomic mass is 32.2. The molecule has 1 aliphatic carbocycles. The lowest BCUT2D eigenvalue weighted by atomic mass is 9.86. The summed E-state index contributed by atoms with van der Waals surface area (Å²) in [5.41, 5.74) is 5.34. The standard InChI is InChI=1S/C15H17F3N2S/c16-15(17,18)11-4-2-1-3-10(11)14-20-12-6-5-9(8-19)7-13(12)21-14/h1-4,9,12-13H,5-8,19H2. The van der Waals surface area contributed by atoms with Crippen molar-refractivity contribution in [2.75, 3.05) is 6.54 Å². The van der Waals surface area contributed by atoms with Crippen LogP contribution in [-0.2, 0) is 6.18 Å². The smallest absolute Gasteiger partial charge is 0.330 e. The topological polar surface area (TPSA) is 38.4 Å². The molecule has 6 heteroatoms. The molecule has 1 aromatic carbocycles. The Hall–Kier alpha value is -1.01. The molecule has 3 unspecified atom stereocenters. The second-order valence-corrected chi connectivity index (χ2v) is 6.84. The van der Waals surface area contributed by atoms with Gasteiger partial charge in [-0.05, 0) is 37.8 Å². The molecule has 3 atom stereocenters. The molecule has 114 valence electrons. The molecule has 0 amide bonds. The average molecular weight is 314 g/mol. The Balaban J connectivity index is 1.87. The van der Waals surface area contributed by atoms with Crippen molar-refractivity contribution < 1.29 is 13.2 Å². The third-order valence-corrected chi connectivity index (χ3v) is 5.57. The number of nitrogens with two attached hydrogens (primary N) is 1. The van der Waals surface area contributed by atoms with E-state index < -0.39 is 11.7 Å². The maximum Gasteiger partial charge on any atom is 0.417 e. The second kappa shape index (κ2) is 5.65. The van der Waals surface area contributed by atoms with E-state index in [9.17, 15) is 13.2 Å². The molecule has 21 heavy (non-hydrogen) atoms. The van der Waals surface area contributed by atoms with Crippen LogP contribution in [0, 0.1) is 5.92 Å². The summed E-state index contributed by atoms with van der Waals surface area (Å²) in [6, 6.07) is 5.85. The highest BCUT2D eigenvalue weighted by molar-refractivity contribution is 8.15. The Morgan fingerprint density at radius 2 is 2.00 bits per heavy atom. The minimum atomic E-state index is -4.34. The van der Waals surface area contributed by atoms with E-state index in [4.69, 9.17) is 5.73 Å². The van der Waals surface area contributed by atoms with Gasteiger partial charge in [0.2, 0.25) is 0 Å². The molecule has 2 N–H and O–H groups in total. The minimum absolute atomic E-state index is 0.147. The van der Waals surface area contributed by atoms with Crippen LogP contribution in [0.3, 0.4) is 0 Å². The molecule has 2 nitrogen and oxygen atoms in total. The van der Waals surface area contributed by atoms with E-state index in [1.54, 1.807) is 6.07 Å². The van der Waals surface area contributed by atoms with E-state index in [2.05, 4.69) is 4.99 Å². The highest BCUT2D eigenvalue weighted by Gasteiger charge is 2.39. The lowest BCUT2D eigenvalue weighted by molar-refractivity contribution is -0.137. The Kier molecular flexibility index (Phi) is 4.01. The van der Waals surface area contributed by atoms with Crippen molar-refractivity contribution in [1.82, 2.24) is 0 Å². The number of hydrogen-bond donors (Lipinski definition) is 1. The molecular weight excluding hydrogens is 297 g/mol. The van der Waals surface area contributed by atoms with Gasteiger partial charge in [0.05, 0.1) is 16.6 Å². The number of aliphatic imine (C=N–C) groups is 1. The van der Waals surface area contributed by atoms with Crippen LogP contribution in [0.5, 0.6) is 0 Å². The average Bonchev–Trinajstić information content (AvgIpc) is 2.89. The monoisotopic (exact) mass is 314 g/mol. The first-order valence-electron chi connectivity index (χ1n) is 7.10. The number of alkyl halides is 3. The zero-order valence-corrected chi connectivity index (χ0v) is 12.3. The van der Waals surface area contributed by atoms with Gasteiger partial charge in [0, 0.05) is 10.8 Å². The lowest BCUT2D eigenvalue weighted by Gasteiger charge is -2.28. The van der Waals surface area contributed by atoms with Gasteiger partial charge in [0.25, 0.3) is 0 Å². The molecule has 1 aromatic rings. The summed E-state index contributed by atoms with van der Waals surface area (Å²) in [6.45, 7) is 0.651. The van der Waals surface area contributed by atoms with Gasteiger partial charge in [0.1, 0.15) is 0 Å². The number of nitrogens with zero attached hydrogens (tertiary/aromatic N) is 1. The Bertz CT molecular complexity index is 556. The van der Waals surface area contributed by atoms with Crippen molar-refractivity contribution in [1.29, 1.82) is 0 Å². The van der Waals surface area contributed by atoms with E-state index in [1.807, 2.05) is 0 Å². The van der Waals surface area contributed by atoms with Crippen LogP contribution in [0.1, 0.15) is 30.4 Å². The summed E-state index contributed by atoms with van der Waals surface area (Å²) in [6.07, 6.45) is -1.44. The van der Waals surface area contributed by atoms with Crippen LogP contribution < -0.4 is 5.73 Å². The number of hydrogen-bond acceptors (Lipinski definition) is 3. The summed E-state index contributed by atoms with van der Waals surface area (Å²) in [4.78, 5) is 4.56. The number of rotatable bonds is 2. The summed E-state index contributed by atoms with van der Waals surface area (Å²) in [5, 5.41) is 0.819. The normalized spacial score (nSPS) is 29.1. The van der Waals surface area contributed by atoms with Gasteiger partial charge < -0.3 is 5.73 Å². The molecule has 1 saturated carbocycles. The van der Waals surface area contributed by atoms with Gasteiger partial charge in [-0.1, -0.05) is 18.2 Å². The first-order chi connectivity index (χ1) is 9.99. The fourth-order valence-electron chi connectivity index (χ4n) is 3.06. The van der Waals surface area contributed by atoms with Gasteiger partial charge >= 0.3 is 6.18 Å². The van der Waals surface area contributed by atoms with Gasteiger partial charge in [-0.3, -0.25) is 4.99 Å². The molecule has 3 rings (SSSR count). The first kappa shape index (κ1) is 14.9. The largest absolute Gasteiger partial charge is 0.417 e. The molecule has 1 heterocycles. The number of benzene rings is 1. The molecule has 0 spiro atoms. The Morgan fingerprint density at radius 1 is 1.24 bits per heavy atom. The van der Waals surface area contributed by atoms with Crippen molar-refractivity contribution in [3.8, 4) is 0 Å².